The van der Waals surface area contributed by atoms with Crippen molar-refractivity contribution in [1.29, 1.82) is 0 Å². The molecule has 3 atom stereocenters. The van der Waals surface area contributed by atoms with Crippen molar-refractivity contribution in [1.82, 2.24) is 25.0 Å². The number of aryl methyl sites for hydroxylation is 2. The van der Waals surface area contributed by atoms with Crippen LogP contribution in [0.5, 0.6) is 0 Å². The number of aliphatic hydroxyl groups excluding tert-OH is 1. The summed E-state index contributed by atoms with van der Waals surface area (Å²) in [7, 11) is 0. The zero-order valence-corrected chi connectivity index (χ0v) is 44.7. The van der Waals surface area contributed by atoms with Crippen LogP contribution in [0, 0.1) is 29.9 Å². The number of aliphatic hydroxyl groups is 1. The smallest absolute Gasteiger partial charge is 0.258 e. The molecular formula is C58H66F2N8O8S. The molecule has 0 bridgehead atoms. The highest BCUT2D eigenvalue weighted by atomic mass is 32.1. The largest absolute Gasteiger partial charge is 0.391 e. The minimum atomic E-state index is -0.858. The molecule has 4 aromatic carbocycles. The van der Waals surface area contributed by atoms with Gasteiger partial charge in [-0.1, -0.05) is 51.1 Å². The lowest BCUT2D eigenvalue weighted by atomic mass is 9.76. The van der Waals surface area contributed by atoms with Crippen LogP contribution < -0.4 is 15.5 Å². The van der Waals surface area contributed by atoms with Gasteiger partial charge in [0.05, 0.1) is 39.3 Å². The molecule has 9 rings (SSSR count). The van der Waals surface area contributed by atoms with Gasteiger partial charge < -0.3 is 39.9 Å². The maximum Gasteiger partial charge on any atom is 0.258 e. The number of carbonyl (C=O) groups is 5. The first-order valence-electron chi connectivity index (χ1n) is 26.3. The number of β-amino-alcohol motifs (C(OH)–C–C–N with tert-alkyl or cyclic N) is 1. The number of piperazine rings is 1. The molecule has 16 nitrogen and oxygen atoms in total. The van der Waals surface area contributed by atoms with Crippen molar-refractivity contribution < 1.29 is 47.3 Å². The van der Waals surface area contributed by atoms with E-state index < -0.39 is 35.1 Å². The first kappa shape index (κ1) is 54.8. The molecule has 0 aliphatic carbocycles. The molecule has 3 aliphatic heterocycles. The maximum atomic E-state index is 14.2. The predicted octanol–water partition coefficient (Wildman–Crippen LogP) is 8.16. The highest BCUT2D eigenvalue weighted by Gasteiger charge is 2.44. The summed E-state index contributed by atoms with van der Waals surface area (Å²) >= 11 is 1.58. The molecule has 0 radical (unpaired) electrons. The summed E-state index contributed by atoms with van der Waals surface area (Å²) in [4.78, 5) is 79.6. The molecule has 4 N–H and O–H groups in total. The topological polar surface area (TPSA) is 199 Å². The normalized spacial score (nSPS) is 17.7. The summed E-state index contributed by atoms with van der Waals surface area (Å²) in [5.74, 6) is -3.28. The van der Waals surface area contributed by atoms with Crippen LogP contribution >= 0.6 is 11.3 Å². The van der Waals surface area contributed by atoms with E-state index in [0.29, 0.717) is 79.3 Å². The molecule has 6 aromatic rings. The average Bonchev–Trinajstić information content (AvgIpc) is 4.15. The quantitative estimate of drug-likeness (QED) is 0.0608. The number of ether oxygens (including phenoxy) is 2. The lowest BCUT2D eigenvalue weighted by Crippen LogP contribution is -2.50. The predicted molar refractivity (Wildman–Crippen MR) is 291 cm³/mol. The van der Waals surface area contributed by atoms with E-state index in [4.69, 9.17) is 9.47 Å². The van der Waals surface area contributed by atoms with Crippen LogP contribution in [-0.2, 0) is 41.5 Å². The summed E-state index contributed by atoms with van der Waals surface area (Å²) in [5, 5.41) is 25.2. The molecule has 406 valence electrons. The van der Waals surface area contributed by atoms with Crippen molar-refractivity contribution in [2.75, 3.05) is 74.7 Å². The Morgan fingerprint density at radius 2 is 1.62 bits per heavy atom. The number of hydrogen-bond donors (Lipinski definition) is 4. The lowest BCUT2D eigenvalue weighted by molar-refractivity contribution is -0.147. The molecule has 19 heteroatoms. The van der Waals surface area contributed by atoms with Gasteiger partial charge >= 0.3 is 0 Å². The third-order valence-electron chi connectivity index (χ3n) is 14.8. The van der Waals surface area contributed by atoms with Crippen LogP contribution in [0.15, 0.2) is 84.4 Å². The minimum absolute atomic E-state index is 0.00868. The SMILES string of the molecule is Cc1ncsc1-c1ccc(CCC(=O)[C@@H]2C[C@@H](O)CN2C(=O)[C@@H](CC(=O)COCC(=O)N2CCN(c3ccc(C(=O)Nc4n[nH]c5ccc(Cc6cc(F)cc(F)c6)cc45)c(NC4CCOCC4)c3)CC2)C(C)(C)C)cc1. The molecule has 77 heavy (non-hydrogen) atoms. The molecule has 3 saturated heterocycles. The van der Waals surface area contributed by atoms with E-state index in [9.17, 15) is 37.9 Å². The summed E-state index contributed by atoms with van der Waals surface area (Å²) < 4.78 is 39.2. The monoisotopic (exact) mass is 1070 g/mol. The number of likely N-dealkylation sites (tertiary alicyclic amines) is 1. The molecular weight excluding hydrogens is 1010 g/mol. The summed E-state index contributed by atoms with van der Waals surface area (Å²) in [5.41, 5.74) is 8.01. The third kappa shape index (κ3) is 13.6. The van der Waals surface area contributed by atoms with Crippen molar-refractivity contribution in [3.63, 3.8) is 0 Å². The number of halogens is 2. The van der Waals surface area contributed by atoms with Gasteiger partial charge in [0.25, 0.3) is 5.91 Å². The van der Waals surface area contributed by atoms with Gasteiger partial charge in [-0.05, 0) is 103 Å². The number of H-pyrrole nitrogens is 1. The number of fused-ring (bicyclic) bond motifs is 1. The highest BCUT2D eigenvalue weighted by molar-refractivity contribution is 7.13. The minimum Gasteiger partial charge on any atom is -0.391 e. The van der Waals surface area contributed by atoms with Gasteiger partial charge in [-0.25, -0.2) is 13.8 Å². The van der Waals surface area contributed by atoms with Crippen LogP contribution in [0.25, 0.3) is 21.3 Å². The zero-order valence-electron chi connectivity index (χ0n) is 43.9. The number of ketones is 2. The van der Waals surface area contributed by atoms with Gasteiger partial charge in [-0.15, -0.1) is 11.3 Å². The van der Waals surface area contributed by atoms with Crippen molar-refractivity contribution in [3.05, 3.63) is 124 Å². The Kier molecular flexibility index (Phi) is 17.2. The lowest BCUT2D eigenvalue weighted by Gasteiger charge is -2.36. The van der Waals surface area contributed by atoms with Gasteiger partial charge in [-0.2, -0.15) is 5.10 Å². The Morgan fingerprint density at radius 3 is 2.32 bits per heavy atom. The number of aromatic amines is 1. The zero-order chi connectivity index (χ0) is 54.4. The van der Waals surface area contributed by atoms with E-state index in [-0.39, 0.29) is 80.8 Å². The third-order valence-corrected chi connectivity index (χ3v) is 15.8. The molecule has 0 saturated carbocycles. The number of benzene rings is 4. The molecule has 0 spiro atoms. The van der Waals surface area contributed by atoms with E-state index in [1.54, 1.807) is 22.3 Å². The fourth-order valence-corrected chi connectivity index (χ4v) is 11.3. The Morgan fingerprint density at radius 1 is 0.896 bits per heavy atom. The molecule has 5 heterocycles. The number of carbonyl (C=O) groups excluding carboxylic acids is 5. The molecule has 2 aromatic heterocycles. The standard InChI is InChI=1S/C58H66F2N8O8S/c1-35-54(77-34-61-35)39-9-5-36(6-10-39)8-14-52(71)51-30-44(69)31-68(51)57(74)48(58(2,3)4)29-45(70)32-76-33-53(72)67-19-17-66(18-20-67)43-11-12-46(50(28-43)62-42-15-21-75-22-16-42)56(73)63-55-47-26-37(7-13-49(47)64-65-55)23-38-24-40(59)27-41(60)25-38/h5-7,9-13,24-28,34,42,44,48,51,62,69H,8,14-23,29-33H2,1-4H3,(H2,63,64,65,73)/t44-,48-,51+/m1/s1. The fraction of sp³-hybridized carbons (Fsp3) is 0.431. The van der Waals surface area contributed by atoms with Crippen LogP contribution in [0.2, 0.25) is 0 Å². The first-order valence-corrected chi connectivity index (χ1v) is 27.2. The molecule has 3 aliphatic rings. The second kappa shape index (κ2) is 24.2. The van der Waals surface area contributed by atoms with Crippen molar-refractivity contribution in [3.8, 4) is 10.4 Å². The van der Waals surface area contributed by atoms with Gasteiger partial charge in [0.2, 0.25) is 11.8 Å². The van der Waals surface area contributed by atoms with Crippen LogP contribution in [-0.4, -0.2) is 137 Å². The maximum absolute atomic E-state index is 14.2. The number of aromatic nitrogens is 3. The number of nitrogens with one attached hydrogen (secondary N) is 3. The van der Waals surface area contributed by atoms with E-state index in [1.165, 1.54) is 17.0 Å². The van der Waals surface area contributed by atoms with Crippen LogP contribution in [0.3, 0.4) is 0 Å². The van der Waals surface area contributed by atoms with Gasteiger partial charge in [0.15, 0.2) is 17.4 Å². The highest BCUT2D eigenvalue weighted by Crippen LogP contribution is 2.35. The Labute approximate surface area is 450 Å². The van der Waals surface area contributed by atoms with E-state index in [0.717, 1.165) is 51.9 Å². The van der Waals surface area contributed by atoms with Crippen molar-refractivity contribution >= 4 is 68.7 Å². The number of rotatable bonds is 19. The number of Topliss-reactive ketones (excluding diaryl/α,β-unsaturated/α-hetero) is 2. The van der Waals surface area contributed by atoms with Gasteiger partial charge in [-0.3, -0.25) is 29.1 Å². The number of hydrogen-bond acceptors (Lipinski definition) is 13. The number of nitrogens with zero attached hydrogens (tertiary/aromatic N) is 5. The second-order valence-corrected chi connectivity index (χ2v) is 22.3. The number of anilines is 3. The van der Waals surface area contributed by atoms with Gasteiger partial charge in [0, 0.05) is 100.0 Å². The molecule has 3 amide bonds. The summed E-state index contributed by atoms with van der Waals surface area (Å²) in [6, 6.07) is 21.8. The van der Waals surface area contributed by atoms with Crippen molar-refractivity contribution in [2.24, 2.45) is 11.3 Å². The first-order chi connectivity index (χ1) is 36.9. The molecule has 0 unspecified atom stereocenters. The number of thiazole rings is 1. The van der Waals surface area contributed by atoms with E-state index >= 15 is 0 Å². The molecule has 3 fully saturated rings. The number of amides is 3. The van der Waals surface area contributed by atoms with Gasteiger partial charge in [0.1, 0.15) is 24.8 Å². The fourth-order valence-electron chi connectivity index (χ4n) is 10.5. The Hall–Kier alpha value is -6.93. The average molecular weight is 1070 g/mol. The van der Waals surface area contributed by atoms with Crippen molar-refractivity contribution in [2.45, 2.75) is 90.8 Å². The Balaban J connectivity index is 0.768. The van der Waals surface area contributed by atoms with Crippen LogP contribution in [0.1, 0.15) is 85.6 Å². The summed E-state index contributed by atoms with van der Waals surface area (Å²) in [6.07, 6.45) is 1.61. The Bertz CT molecular complexity index is 3090. The van der Waals surface area contributed by atoms with E-state index in [1.807, 2.05) is 87.8 Å². The summed E-state index contributed by atoms with van der Waals surface area (Å²) in [6.45, 7) is 9.88. The van der Waals surface area contributed by atoms with E-state index in [2.05, 4.69) is 30.7 Å². The second-order valence-electron chi connectivity index (χ2n) is 21.5. The van der Waals surface area contributed by atoms with Crippen LogP contribution in [0.4, 0.5) is 26.0 Å².